The molecule has 0 fully saturated rings. The number of hydrogen-bond donors (Lipinski definition) is 2. The van der Waals surface area contributed by atoms with Crippen molar-refractivity contribution in [2.75, 3.05) is 0 Å². The topological polar surface area (TPSA) is 63.0 Å². The number of thiophene rings is 1. The predicted molar refractivity (Wildman–Crippen MR) is 103 cm³/mol. The second-order valence-electron chi connectivity index (χ2n) is 5.27. The molecule has 5 heteroatoms. The third-order valence-corrected chi connectivity index (χ3v) is 4.89. The zero-order valence-corrected chi connectivity index (χ0v) is 14.3. The lowest BCUT2D eigenvalue weighted by atomic mass is 10.1. The molecule has 4 aromatic rings. The van der Waals surface area contributed by atoms with Crippen molar-refractivity contribution in [1.82, 2.24) is 0 Å². The maximum atomic E-state index is 7.62. The van der Waals surface area contributed by atoms with Crippen LogP contribution >= 0.6 is 23.7 Å². The summed E-state index contributed by atoms with van der Waals surface area (Å²) in [6, 6.07) is 22.1. The van der Waals surface area contributed by atoms with Gasteiger partial charge in [0.05, 0.1) is 4.88 Å². The molecule has 2 heterocycles. The van der Waals surface area contributed by atoms with Gasteiger partial charge in [-0.05, 0) is 24.3 Å². The van der Waals surface area contributed by atoms with E-state index < -0.39 is 0 Å². The molecule has 3 nitrogen and oxygen atoms in total. The lowest BCUT2D eigenvalue weighted by Crippen LogP contribution is -2.08. The fourth-order valence-electron chi connectivity index (χ4n) is 2.65. The Hall–Kier alpha value is -2.56. The van der Waals surface area contributed by atoms with Gasteiger partial charge < -0.3 is 10.2 Å². The van der Waals surface area contributed by atoms with Crippen molar-refractivity contribution in [2.45, 2.75) is 0 Å². The Morgan fingerprint density at radius 2 is 1.67 bits per heavy atom. The first-order valence-corrected chi connectivity index (χ1v) is 8.06. The van der Waals surface area contributed by atoms with Gasteiger partial charge in [-0.1, -0.05) is 42.5 Å². The van der Waals surface area contributed by atoms with Crippen LogP contribution in [0.5, 0.6) is 0 Å². The molecule has 2 aromatic heterocycles. The molecule has 0 radical (unpaired) electrons. The lowest BCUT2D eigenvalue weighted by molar-refractivity contribution is 0.598. The molecular weight excluding hydrogens is 340 g/mol. The minimum absolute atomic E-state index is 0. The highest BCUT2D eigenvalue weighted by molar-refractivity contribution is 7.20. The summed E-state index contributed by atoms with van der Waals surface area (Å²) in [6.45, 7) is 0. The van der Waals surface area contributed by atoms with Crippen molar-refractivity contribution < 1.29 is 4.42 Å². The third kappa shape index (κ3) is 2.82. The number of halogens is 1. The highest BCUT2D eigenvalue weighted by Crippen LogP contribution is 2.36. The molecule has 0 unspecified atom stereocenters. The number of nitrogens with one attached hydrogen (secondary N) is 1. The lowest BCUT2D eigenvalue weighted by Gasteiger charge is -2.00. The second-order valence-corrected chi connectivity index (χ2v) is 6.36. The van der Waals surface area contributed by atoms with Gasteiger partial charge in [0.25, 0.3) is 0 Å². The maximum absolute atomic E-state index is 7.62. The fraction of sp³-hybridized carbons (Fsp3) is 0. The summed E-state index contributed by atoms with van der Waals surface area (Å²) in [4.78, 5) is 0.780. The van der Waals surface area contributed by atoms with Crippen LogP contribution in [0.15, 0.2) is 71.1 Å². The van der Waals surface area contributed by atoms with Crippen LogP contribution in [0.3, 0.4) is 0 Å². The summed E-state index contributed by atoms with van der Waals surface area (Å²) in [5, 5.41) is 8.69. The Kier molecular flexibility index (Phi) is 4.42. The molecule has 0 saturated carbocycles. The normalized spacial score (nSPS) is 10.5. The van der Waals surface area contributed by atoms with Crippen LogP contribution in [0.4, 0.5) is 0 Å². The Labute approximate surface area is 149 Å². The third-order valence-electron chi connectivity index (χ3n) is 3.76. The molecule has 0 aliphatic rings. The first-order valence-electron chi connectivity index (χ1n) is 7.25. The monoisotopic (exact) mass is 354 g/mol. The van der Waals surface area contributed by atoms with Gasteiger partial charge in [-0.3, -0.25) is 5.41 Å². The average Bonchev–Trinajstić information content (AvgIpc) is 3.22. The Morgan fingerprint density at radius 3 is 2.42 bits per heavy atom. The van der Waals surface area contributed by atoms with Crippen molar-refractivity contribution in [2.24, 2.45) is 5.73 Å². The van der Waals surface area contributed by atoms with Gasteiger partial charge in [-0.25, -0.2) is 0 Å². The van der Waals surface area contributed by atoms with Crippen LogP contribution in [-0.2, 0) is 0 Å². The number of rotatable bonds is 3. The van der Waals surface area contributed by atoms with E-state index in [1.54, 1.807) is 0 Å². The first kappa shape index (κ1) is 16.3. The number of nitrogens with two attached hydrogens (primary N) is 1. The summed E-state index contributed by atoms with van der Waals surface area (Å²) in [5.74, 6) is 1.77. The second kappa shape index (κ2) is 6.51. The van der Waals surface area contributed by atoms with Gasteiger partial charge in [-0.15, -0.1) is 23.7 Å². The minimum Gasteiger partial charge on any atom is -0.456 e. The maximum Gasteiger partial charge on any atom is 0.135 e. The van der Waals surface area contributed by atoms with Crippen molar-refractivity contribution >= 4 is 39.7 Å². The molecule has 24 heavy (non-hydrogen) atoms. The van der Waals surface area contributed by atoms with Crippen molar-refractivity contribution in [1.29, 1.82) is 5.41 Å². The van der Waals surface area contributed by atoms with Crippen molar-refractivity contribution in [3.8, 4) is 22.6 Å². The molecule has 0 spiro atoms. The molecule has 0 aliphatic heterocycles. The van der Waals surface area contributed by atoms with E-state index in [9.17, 15) is 0 Å². The zero-order valence-electron chi connectivity index (χ0n) is 12.7. The summed E-state index contributed by atoms with van der Waals surface area (Å²) >= 11 is 1.53. The van der Waals surface area contributed by atoms with Crippen LogP contribution in [0.25, 0.3) is 32.7 Å². The first-order chi connectivity index (χ1) is 11.2. The van der Waals surface area contributed by atoms with E-state index in [0.29, 0.717) is 0 Å². The number of furan rings is 1. The van der Waals surface area contributed by atoms with Crippen molar-refractivity contribution in [3.05, 3.63) is 71.6 Å². The van der Waals surface area contributed by atoms with Crippen LogP contribution in [-0.4, -0.2) is 5.84 Å². The number of amidine groups is 1. The van der Waals surface area contributed by atoms with Gasteiger partial charge in [0.2, 0.25) is 0 Å². The Balaban J connectivity index is 0.00000169. The van der Waals surface area contributed by atoms with Gasteiger partial charge in [0.1, 0.15) is 17.4 Å². The van der Waals surface area contributed by atoms with Crippen LogP contribution in [0.1, 0.15) is 4.88 Å². The SMILES string of the molecule is Cl.N=C(N)c1cc2c(-c3ccc(-c4ccccc4)o3)cccc2s1. The molecule has 3 N–H and O–H groups in total. The van der Waals surface area contributed by atoms with E-state index >= 15 is 0 Å². The number of hydrogen-bond acceptors (Lipinski definition) is 3. The molecule has 0 atom stereocenters. The van der Waals surface area contributed by atoms with Gasteiger partial charge in [-0.2, -0.15) is 0 Å². The minimum atomic E-state index is 0. The number of benzene rings is 2. The van der Waals surface area contributed by atoms with Gasteiger partial charge in [0.15, 0.2) is 0 Å². The summed E-state index contributed by atoms with van der Waals surface area (Å²) in [7, 11) is 0. The number of nitrogen functional groups attached to an aromatic ring is 1. The standard InChI is InChI=1S/C19H14N2OS.ClH/c20-19(21)18-11-14-13(7-4-8-17(14)23-18)16-10-9-15(22-16)12-5-2-1-3-6-12;/h1-11H,(H3,20,21);1H. The van der Waals surface area contributed by atoms with Crippen LogP contribution in [0.2, 0.25) is 0 Å². The molecule has 0 amide bonds. The van der Waals surface area contributed by atoms with E-state index in [1.807, 2.05) is 66.7 Å². The molecule has 2 aromatic carbocycles. The molecule has 120 valence electrons. The average molecular weight is 355 g/mol. The predicted octanol–water partition coefficient (Wildman–Crippen LogP) is 5.53. The zero-order chi connectivity index (χ0) is 15.8. The van der Waals surface area contributed by atoms with E-state index in [1.165, 1.54) is 11.3 Å². The van der Waals surface area contributed by atoms with E-state index in [2.05, 4.69) is 0 Å². The fourth-order valence-corrected chi connectivity index (χ4v) is 3.60. The smallest absolute Gasteiger partial charge is 0.135 e. The Morgan fingerprint density at radius 1 is 0.917 bits per heavy atom. The van der Waals surface area contributed by atoms with E-state index in [4.69, 9.17) is 15.6 Å². The summed E-state index contributed by atoms with van der Waals surface area (Å²) in [6.07, 6.45) is 0. The highest BCUT2D eigenvalue weighted by atomic mass is 35.5. The molecule has 0 bridgehead atoms. The van der Waals surface area contributed by atoms with Crippen molar-refractivity contribution in [3.63, 3.8) is 0 Å². The largest absolute Gasteiger partial charge is 0.456 e. The number of fused-ring (bicyclic) bond motifs is 1. The molecular formula is C19H15ClN2OS. The molecule has 0 saturated heterocycles. The molecule has 0 aliphatic carbocycles. The van der Waals surface area contributed by atoms with Crippen LogP contribution < -0.4 is 5.73 Å². The van der Waals surface area contributed by atoms with Gasteiger partial charge >= 0.3 is 0 Å². The molecule has 4 rings (SSSR count). The van der Waals surface area contributed by atoms with Crippen LogP contribution in [0, 0.1) is 5.41 Å². The summed E-state index contributed by atoms with van der Waals surface area (Å²) in [5.41, 5.74) is 7.69. The van der Waals surface area contributed by atoms with E-state index in [0.717, 1.165) is 37.6 Å². The summed E-state index contributed by atoms with van der Waals surface area (Å²) < 4.78 is 7.16. The van der Waals surface area contributed by atoms with Gasteiger partial charge in [0, 0.05) is 21.2 Å². The quantitative estimate of drug-likeness (QED) is 0.375. The highest BCUT2D eigenvalue weighted by Gasteiger charge is 2.12. The van der Waals surface area contributed by atoms with E-state index in [-0.39, 0.29) is 18.2 Å². The Bertz CT molecular complexity index is 1000.